The first-order valence-corrected chi connectivity index (χ1v) is 9.11. The van der Waals surface area contributed by atoms with Crippen LogP contribution in [0.4, 0.5) is 0 Å². The van der Waals surface area contributed by atoms with Gasteiger partial charge in [0.05, 0.1) is 17.2 Å². The van der Waals surface area contributed by atoms with Crippen LogP contribution in [0.3, 0.4) is 0 Å². The highest BCUT2D eigenvalue weighted by Gasteiger charge is 2.19. The van der Waals surface area contributed by atoms with E-state index < -0.39 is 0 Å². The maximum absolute atomic E-state index is 4.60. The van der Waals surface area contributed by atoms with Gasteiger partial charge in [0.25, 0.3) is 0 Å². The summed E-state index contributed by atoms with van der Waals surface area (Å²) < 4.78 is 0. The molecule has 0 aromatic carbocycles. The predicted octanol–water partition coefficient (Wildman–Crippen LogP) is 2.67. The Morgan fingerprint density at radius 1 is 1.35 bits per heavy atom. The molecule has 1 aliphatic rings. The summed E-state index contributed by atoms with van der Waals surface area (Å²) in [6, 6.07) is 0. The summed E-state index contributed by atoms with van der Waals surface area (Å²) in [5, 5.41) is 6.79. The van der Waals surface area contributed by atoms with E-state index in [9.17, 15) is 0 Å². The zero-order valence-electron chi connectivity index (χ0n) is 14.7. The van der Waals surface area contributed by atoms with Crippen molar-refractivity contribution in [1.82, 2.24) is 20.1 Å². The van der Waals surface area contributed by atoms with Gasteiger partial charge in [0.15, 0.2) is 5.96 Å². The first-order valence-electron chi connectivity index (χ1n) is 8.23. The van der Waals surface area contributed by atoms with Crippen molar-refractivity contribution in [1.29, 1.82) is 0 Å². The molecule has 1 aromatic rings. The molecule has 0 spiro atoms. The zero-order chi connectivity index (χ0) is 15.9. The fourth-order valence-electron chi connectivity index (χ4n) is 2.75. The van der Waals surface area contributed by atoms with E-state index in [1.807, 2.05) is 7.05 Å². The average Bonchev–Trinajstić information content (AvgIpc) is 2.97. The molecule has 1 fully saturated rings. The number of aromatic nitrogens is 1. The molecule has 23 heavy (non-hydrogen) atoms. The van der Waals surface area contributed by atoms with E-state index in [2.05, 4.69) is 51.2 Å². The third-order valence-electron chi connectivity index (χ3n) is 3.84. The van der Waals surface area contributed by atoms with Gasteiger partial charge < -0.3 is 10.2 Å². The summed E-state index contributed by atoms with van der Waals surface area (Å²) in [5.41, 5.74) is 1.11. The number of rotatable bonds is 5. The van der Waals surface area contributed by atoms with Crippen LogP contribution in [0.2, 0.25) is 0 Å². The van der Waals surface area contributed by atoms with Crippen LogP contribution in [-0.2, 0) is 13.0 Å². The largest absolute Gasteiger partial charge is 0.351 e. The third kappa shape index (κ3) is 6.54. The summed E-state index contributed by atoms with van der Waals surface area (Å²) >= 11 is 1.74. The minimum atomic E-state index is 0. The summed E-state index contributed by atoms with van der Waals surface area (Å²) in [7, 11) is 1.86. The fraction of sp³-hybridized carbons (Fsp3) is 0.750. The number of hydrogen-bond donors (Lipinski definition) is 1. The first-order chi connectivity index (χ1) is 10.6. The summed E-state index contributed by atoms with van der Waals surface area (Å²) in [5.74, 6) is 1.73. The molecule has 1 N–H and O–H groups in total. The molecule has 0 amide bonds. The Balaban J connectivity index is 0.00000264. The minimum Gasteiger partial charge on any atom is -0.351 e. The lowest BCUT2D eigenvalue weighted by molar-refractivity contribution is 0.164. The van der Waals surface area contributed by atoms with E-state index in [4.69, 9.17) is 0 Å². The molecule has 2 rings (SSSR count). The molecule has 1 aromatic heterocycles. The number of aliphatic imine (C=N–C) groups is 1. The maximum Gasteiger partial charge on any atom is 0.194 e. The second-order valence-electron chi connectivity index (χ2n) is 6.17. The highest BCUT2D eigenvalue weighted by molar-refractivity contribution is 14.0. The zero-order valence-corrected chi connectivity index (χ0v) is 17.9. The highest BCUT2D eigenvalue weighted by atomic mass is 127. The SMILES string of the molecule is CCc1nc(CNC(=NC)N2CCN(CC(C)C)CC2)cs1.I. The van der Waals surface area contributed by atoms with Gasteiger partial charge in [-0.1, -0.05) is 20.8 Å². The molecule has 1 saturated heterocycles. The van der Waals surface area contributed by atoms with E-state index in [0.29, 0.717) is 0 Å². The molecule has 5 nitrogen and oxygen atoms in total. The second kappa shape index (κ2) is 10.5. The molecular weight excluding hydrogens is 421 g/mol. The standard InChI is InChI=1S/C16H29N5S.HI/c1-5-15-19-14(12-22-15)10-18-16(17-4)21-8-6-20(7-9-21)11-13(2)3;/h12-13H,5-11H2,1-4H3,(H,17,18);1H. The van der Waals surface area contributed by atoms with Crippen molar-refractivity contribution in [3.63, 3.8) is 0 Å². The number of thiazole rings is 1. The molecule has 2 heterocycles. The van der Waals surface area contributed by atoms with Crippen LogP contribution in [0.25, 0.3) is 0 Å². The Labute approximate surface area is 161 Å². The molecule has 0 saturated carbocycles. The number of piperazine rings is 1. The van der Waals surface area contributed by atoms with E-state index in [0.717, 1.165) is 56.7 Å². The van der Waals surface area contributed by atoms with E-state index in [1.165, 1.54) is 11.6 Å². The van der Waals surface area contributed by atoms with Crippen molar-refractivity contribution in [3.8, 4) is 0 Å². The Hall–Kier alpha value is -0.410. The lowest BCUT2D eigenvalue weighted by atomic mass is 10.2. The molecule has 7 heteroatoms. The maximum atomic E-state index is 4.60. The Bertz CT molecular complexity index is 481. The molecule has 0 radical (unpaired) electrons. The van der Waals surface area contributed by atoms with Crippen LogP contribution in [0.1, 0.15) is 31.5 Å². The number of aryl methyl sites for hydroxylation is 1. The van der Waals surface area contributed by atoms with Gasteiger partial charge in [-0.25, -0.2) is 4.98 Å². The Morgan fingerprint density at radius 2 is 2.04 bits per heavy atom. The smallest absolute Gasteiger partial charge is 0.194 e. The minimum absolute atomic E-state index is 0. The summed E-state index contributed by atoms with van der Waals surface area (Å²) in [4.78, 5) is 13.9. The molecule has 0 unspecified atom stereocenters. The number of guanidine groups is 1. The normalized spacial score (nSPS) is 16.6. The van der Waals surface area contributed by atoms with E-state index >= 15 is 0 Å². The van der Waals surface area contributed by atoms with Crippen LogP contribution in [-0.4, -0.2) is 60.5 Å². The van der Waals surface area contributed by atoms with Crippen LogP contribution < -0.4 is 5.32 Å². The van der Waals surface area contributed by atoms with Crippen LogP contribution >= 0.6 is 35.3 Å². The van der Waals surface area contributed by atoms with Crippen molar-refractivity contribution in [2.75, 3.05) is 39.8 Å². The van der Waals surface area contributed by atoms with Crippen molar-refractivity contribution >= 4 is 41.3 Å². The van der Waals surface area contributed by atoms with Gasteiger partial charge >= 0.3 is 0 Å². The van der Waals surface area contributed by atoms with E-state index in [1.54, 1.807) is 11.3 Å². The second-order valence-corrected chi connectivity index (χ2v) is 7.11. The number of halogens is 1. The Kier molecular flexibility index (Phi) is 9.38. The molecule has 132 valence electrons. The number of nitrogens with zero attached hydrogens (tertiary/aromatic N) is 4. The molecule has 0 bridgehead atoms. The van der Waals surface area contributed by atoms with Crippen molar-refractivity contribution < 1.29 is 0 Å². The van der Waals surface area contributed by atoms with Gasteiger partial charge in [-0.2, -0.15) is 0 Å². The Morgan fingerprint density at radius 3 is 2.57 bits per heavy atom. The summed E-state index contributed by atoms with van der Waals surface area (Å²) in [6.07, 6.45) is 1.01. The quantitative estimate of drug-likeness (QED) is 0.425. The molecular formula is C16H30IN5S. The van der Waals surface area contributed by atoms with Gasteiger partial charge in [0.1, 0.15) is 0 Å². The van der Waals surface area contributed by atoms with Crippen molar-refractivity contribution in [2.45, 2.75) is 33.7 Å². The number of hydrogen-bond acceptors (Lipinski definition) is 4. The molecule has 1 aliphatic heterocycles. The van der Waals surface area contributed by atoms with Crippen molar-refractivity contribution in [2.24, 2.45) is 10.9 Å². The van der Waals surface area contributed by atoms with Gasteiger partial charge in [-0.3, -0.25) is 9.89 Å². The first kappa shape index (κ1) is 20.6. The highest BCUT2D eigenvalue weighted by Crippen LogP contribution is 2.10. The monoisotopic (exact) mass is 451 g/mol. The average molecular weight is 451 g/mol. The van der Waals surface area contributed by atoms with Gasteiger partial charge in [0.2, 0.25) is 0 Å². The molecule has 0 atom stereocenters. The van der Waals surface area contributed by atoms with Gasteiger partial charge in [-0.15, -0.1) is 35.3 Å². The number of nitrogens with one attached hydrogen (secondary N) is 1. The van der Waals surface area contributed by atoms with Crippen molar-refractivity contribution in [3.05, 3.63) is 16.1 Å². The fourth-order valence-corrected chi connectivity index (χ4v) is 3.50. The lowest BCUT2D eigenvalue weighted by Crippen LogP contribution is -2.52. The van der Waals surface area contributed by atoms with Gasteiger partial charge in [0, 0.05) is 45.2 Å². The van der Waals surface area contributed by atoms with Crippen LogP contribution in [0.15, 0.2) is 10.4 Å². The molecule has 0 aliphatic carbocycles. The third-order valence-corrected chi connectivity index (χ3v) is 4.88. The van der Waals surface area contributed by atoms with E-state index in [-0.39, 0.29) is 24.0 Å². The predicted molar refractivity (Wildman–Crippen MR) is 110 cm³/mol. The van der Waals surface area contributed by atoms with Gasteiger partial charge in [-0.05, 0) is 12.3 Å². The van der Waals surface area contributed by atoms with Crippen LogP contribution in [0, 0.1) is 5.92 Å². The van der Waals surface area contributed by atoms with Crippen LogP contribution in [0.5, 0.6) is 0 Å². The summed E-state index contributed by atoms with van der Waals surface area (Å²) in [6.45, 7) is 13.0. The topological polar surface area (TPSA) is 43.8 Å². The lowest BCUT2D eigenvalue weighted by Gasteiger charge is -2.37.